The van der Waals surface area contributed by atoms with Crippen LogP contribution in [-0.2, 0) is 0 Å². The molecule has 1 aromatic heterocycles. The van der Waals surface area contributed by atoms with E-state index in [0.29, 0.717) is 16.3 Å². The van der Waals surface area contributed by atoms with Gasteiger partial charge in [-0.25, -0.2) is 0 Å². The van der Waals surface area contributed by atoms with Crippen LogP contribution in [-0.4, -0.2) is 5.78 Å². The normalized spacial score (nSPS) is 10.8. The number of ketones is 1. The van der Waals surface area contributed by atoms with E-state index in [4.69, 9.17) is 16.0 Å². The summed E-state index contributed by atoms with van der Waals surface area (Å²) in [6.45, 7) is 1.86. The minimum absolute atomic E-state index is 0.120. The first kappa shape index (κ1) is 12.0. The number of rotatable bonds is 2. The predicted molar refractivity (Wildman–Crippen MR) is 75.8 cm³/mol. The molecule has 2 nitrogen and oxygen atoms in total. The van der Waals surface area contributed by atoms with Gasteiger partial charge in [0, 0.05) is 16.0 Å². The Hall–Kier alpha value is -2.06. The lowest BCUT2D eigenvalue weighted by atomic mass is 10.0. The van der Waals surface area contributed by atoms with Gasteiger partial charge in [0.1, 0.15) is 5.58 Å². The fraction of sp³-hybridized carbons (Fsp3) is 0.0625. The molecule has 0 N–H and O–H groups in total. The topological polar surface area (TPSA) is 30.2 Å². The van der Waals surface area contributed by atoms with Gasteiger partial charge in [0.2, 0.25) is 5.78 Å². The van der Waals surface area contributed by atoms with Crippen molar-refractivity contribution in [1.82, 2.24) is 0 Å². The van der Waals surface area contributed by atoms with Crippen LogP contribution in [0.5, 0.6) is 0 Å². The van der Waals surface area contributed by atoms with Crippen molar-refractivity contribution in [2.24, 2.45) is 0 Å². The van der Waals surface area contributed by atoms with E-state index in [1.807, 2.05) is 31.2 Å². The van der Waals surface area contributed by atoms with Gasteiger partial charge in [-0.05, 0) is 42.8 Å². The number of fused-ring (bicyclic) bond motifs is 1. The summed E-state index contributed by atoms with van der Waals surface area (Å²) in [5.74, 6) is 0.233. The van der Waals surface area contributed by atoms with Gasteiger partial charge in [-0.2, -0.15) is 0 Å². The minimum Gasteiger partial charge on any atom is -0.453 e. The minimum atomic E-state index is -0.120. The summed E-state index contributed by atoms with van der Waals surface area (Å²) in [7, 11) is 0. The Kier molecular flexibility index (Phi) is 2.88. The Balaban J connectivity index is 2.08. The van der Waals surface area contributed by atoms with Gasteiger partial charge in [-0.15, -0.1) is 0 Å². The van der Waals surface area contributed by atoms with Crippen molar-refractivity contribution in [3.63, 3.8) is 0 Å². The average Bonchev–Trinajstić information content (AvgIpc) is 2.81. The number of aryl methyl sites for hydroxylation is 1. The molecule has 0 amide bonds. The fourth-order valence-electron chi connectivity index (χ4n) is 2.11. The van der Waals surface area contributed by atoms with Crippen molar-refractivity contribution in [3.8, 4) is 0 Å². The zero-order valence-electron chi connectivity index (χ0n) is 10.3. The molecule has 0 aliphatic heterocycles. The van der Waals surface area contributed by atoms with Gasteiger partial charge < -0.3 is 4.42 Å². The fourth-order valence-corrected chi connectivity index (χ4v) is 2.34. The molecule has 0 aliphatic rings. The summed E-state index contributed by atoms with van der Waals surface area (Å²) in [6.07, 6.45) is 0. The van der Waals surface area contributed by atoms with E-state index < -0.39 is 0 Å². The third kappa shape index (κ3) is 2.15. The van der Waals surface area contributed by atoms with Crippen LogP contribution in [0.1, 0.15) is 21.7 Å². The van der Waals surface area contributed by atoms with Gasteiger partial charge >= 0.3 is 0 Å². The monoisotopic (exact) mass is 270 g/mol. The molecule has 0 radical (unpaired) electrons. The first-order valence-electron chi connectivity index (χ1n) is 5.94. The maximum Gasteiger partial charge on any atom is 0.228 e. The van der Waals surface area contributed by atoms with Crippen molar-refractivity contribution in [2.75, 3.05) is 0 Å². The van der Waals surface area contributed by atoms with Crippen LogP contribution >= 0.6 is 11.6 Å². The summed E-state index contributed by atoms with van der Waals surface area (Å²) in [4.78, 5) is 12.4. The average molecular weight is 271 g/mol. The molecular weight excluding hydrogens is 260 g/mol. The number of hydrogen-bond donors (Lipinski definition) is 0. The van der Waals surface area contributed by atoms with Crippen molar-refractivity contribution in [2.45, 2.75) is 6.92 Å². The maximum atomic E-state index is 12.4. The Morgan fingerprint density at radius 1 is 1.11 bits per heavy atom. The van der Waals surface area contributed by atoms with E-state index in [1.165, 1.54) is 0 Å². The highest BCUT2D eigenvalue weighted by Crippen LogP contribution is 2.23. The van der Waals surface area contributed by atoms with E-state index in [0.717, 1.165) is 16.5 Å². The smallest absolute Gasteiger partial charge is 0.228 e. The lowest BCUT2D eigenvalue weighted by molar-refractivity contribution is 0.101. The zero-order valence-corrected chi connectivity index (χ0v) is 11.1. The molecule has 0 fully saturated rings. The van der Waals surface area contributed by atoms with Crippen LogP contribution in [0.4, 0.5) is 0 Å². The first-order chi connectivity index (χ1) is 9.15. The van der Waals surface area contributed by atoms with Crippen LogP contribution in [0.3, 0.4) is 0 Å². The number of benzene rings is 2. The largest absolute Gasteiger partial charge is 0.453 e. The van der Waals surface area contributed by atoms with Gasteiger partial charge in [-0.3, -0.25) is 4.79 Å². The molecular formula is C16H11ClO2. The van der Waals surface area contributed by atoms with E-state index in [2.05, 4.69) is 0 Å². The van der Waals surface area contributed by atoms with Gasteiger partial charge in [0.15, 0.2) is 5.76 Å². The number of halogens is 1. The number of furan rings is 1. The summed E-state index contributed by atoms with van der Waals surface area (Å²) < 4.78 is 5.59. The van der Waals surface area contributed by atoms with E-state index >= 15 is 0 Å². The number of para-hydroxylation sites is 1. The van der Waals surface area contributed by atoms with Crippen LogP contribution in [0.2, 0.25) is 5.02 Å². The second-order valence-corrected chi connectivity index (χ2v) is 4.87. The molecule has 0 unspecified atom stereocenters. The molecule has 3 aromatic rings. The SMILES string of the molecule is Cc1cc(Cl)ccc1C(=O)c1cc2ccccc2o1. The molecule has 0 saturated carbocycles. The van der Waals surface area contributed by atoms with Crippen molar-refractivity contribution in [1.29, 1.82) is 0 Å². The Labute approximate surface area is 115 Å². The molecule has 1 heterocycles. The van der Waals surface area contributed by atoms with Crippen molar-refractivity contribution >= 4 is 28.4 Å². The molecule has 94 valence electrons. The predicted octanol–water partition coefficient (Wildman–Crippen LogP) is 4.63. The lowest BCUT2D eigenvalue weighted by Crippen LogP contribution is -2.01. The first-order valence-corrected chi connectivity index (χ1v) is 6.32. The Morgan fingerprint density at radius 2 is 1.89 bits per heavy atom. The Bertz CT molecular complexity index is 738. The molecule has 3 rings (SSSR count). The number of carbonyl (C=O) groups excluding carboxylic acids is 1. The van der Waals surface area contributed by atoms with Gasteiger partial charge in [0.25, 0.3) is 0 Å². The molecule has 0 spiro atoms. The highest BCUT2D eigenvalue weighted by Gasteiger charge is 2.16. The van der Waals surface area contributed by atoms with Crippen molar-refractivity contribution < 1.29 is 9.21 Å². The molecule has 0 bridgehead atoms. The van der Waals surface area contributed by atoms with Crippen LogP contribution in [0, 0.1) is 6.92 Å². The van der Waals surface area contributed by atoms with E-state index in [9.17, 15) is 4.79 Å². The quantitative estimate of drug-likeness (QED) is 0.636. The summed E-state index contributed by atoms with van der Waals surface area (Å²) >= 11 is 5.90. The van der Waals surface area contributed by atoms with E-state index in [-0.39, 0.29) is 5.78 Å². The van der Waals surface area contributed by atoms with Crippen LogP contribution < -0.4 is 0 Å². The summed E-state index contributed by atoms with van der Waals surface area (Å²) in [6, 6.07) is 14.6. The van der Waals surface area contributed by atoms with Crippen LogP contribution in [0.15, 0.2) is 52.9 Å². The molecule has 0 saturated heterocycles. The third-order valence-corrected chi connectivity index (χ3v) is 3.32. The lowest BCUT2D eigenvalue weighted by Gasteiger charge is -2.02. The zero-order chi connectivity index (χ0) is 13.4. The number of hydrogen-bond acceptors (Lipinski definition) is 2. The molecule has 19 heavy (non-hydrogen) atoms. The highest BCUT2D eigenvalue weighted by molar-refractivity contribution is 6.30. The highest BCUT2D eigenvalue weighted by atomic mass is 35.5. The van der Waals surface area contributed by atoms with E-state index in [1.54, 1.807) is 24.3 Å². The number of carbonyl (C=O) groups is 1. The summed E-state index contributed by atoms with van der Waals surface area (Å²) in [5.41, 5.74) is 2.18. The molecule has 0 aliphatic carbocycles. The maximum absolute atomic E-state index is 12.4. The van der Waals surface area contributed by atoms with Gasteiger partial charge in [0.05, 0.1) is 0 Å². The molecule has 0 atom stereocenters. The summed E-state index contributed by atoms with van der Waals surface area (Å²) in [5, 5.41) is 1.55. The standard InChI is InChI=1S/C16H11ClO2/c1-10-8-12(17)6-7-13(10)16(18)15-9-11-4-2-3-5-14(11)19-15/h2-9H,1H3. The molecule has 2 aromatic carbocycles. The van der Waals surface area contributed by atoms with Gasteiger partial charge in [-0.1, -0.05) is 29.8 Å². The van der Waals surface area contributed by atoms with Crippen molar-refractivity contribution in [3.05, 3.63) is 70.4 Å². The Morgan fingerprint density at radius 3 is 2.63 bits per heavy atom. The second kappa shape index (κ2) is 4.56. The molecule has 3 heteroatoms. The second-order valence-electron chi connectivity index (χ2n) is 4.44. The third-order valence-electron chi connectivity index (χ3n) is 3.08. The van der Waals surface area contributed by atoms with Crippen LogP contribution in [0.25, 0.3) is 11.0 Å².